The largest absolute Gasteiger partial charge is 0.331 e. The summed E-state index contributed by atoms with van der Waals surface area (Å²) in [6, 6.07) is 6.67. The molecule has 0 fully saturated rings. The number of nitrogens with zero attached hydrogens (tertiary/aromatic N) is 2. The number of amides is 1. The molecule has 9 nitrogen and oxygen atoms in total. The normalized spacial score (nSPS) is 10.2. The van der Waals surface area contributed by atoms with E-state index in [9.17, 15) is 25.0 Å². The van der Waals surface area contributed by atoms with Gasteiger partial charge in [-0.3, -0.25) is 30.3 Å². The van der Waals surface area contributed by atoms with E-state index >= 15 is 0 Å². The number of benzene rings is 2. The van der Waals surface area contributed by atoms with Gasteiger partial charge in [0.05, 0.1) is 26.1 Å². The predicted molar refractivity (Wildman–Crippen MR) is 104 cm³/mol. The lowest BCUT2D eigenvalue weighted by Crippen LogP contribution is -2.34. The quantitative estimate of drug-likeness (QED) is 0.446. The SMILES string of the molecule is Cc1ccc([N+](=O)[O-])c(C(=O)NC(=S)Nc2c(Cl)ccc([N+](=O)[O-])c2C)c1. The van der Waals surface area contributed by atoms with Crippen molar-refractivity contribution in [2.75, 3.05) is 5.32 Å². The lowest BCUT2D eigenvalue weighted by atomic mass is 10.1. The Morgan fingerprint density at radius 1 is 1.07 bits per heavy atom. The van der Waals surface area contributed by atoms with Crippen LogP contribution < -0.4 is 10.6 Å². The van der Waals surface area contributed by atoms with E-state index in [1.54, 1.807) is 6.92 Å². The van der Waals surface area contributed by atoms with Gasteiger partial charge in [-0.25, -0.2) is 0 Å². The van der Waals surface area contributed by atoms with Crippen molar-refractivity contribution in [2.24, 2.45) is 0 Å². The Kier molecular flexibility index (Phi) is 6.03. The number of hydrogen-bond donors (Lipinski definition) is 2. The average molecular weight is 409 g/mol. The molecule has 0 saturated carbocycles. The molecule has 2 N–H and O–H groups in total. The fourth-order valence-corrected chi connectivity index (χ4v) is 2.77. The highest BCUT2D eigenvalue weighted by Gasteiger charge is 2.22. The molecule has 0 bridgehead atoms. The molecule has 0 saturated heterocycles. The number of nitro benzene ring substituents is 2. The standard InChI is InChI=1S/C16H13ClN4O5S/c1-8-3-5-13(21(25)26)10(7-8)15(22)19-16(27)18-14-9(2)12(20(23)24)6-4-11(14)17/h3-7H,1-2H3,(H2,18,19,22,27). The van der Waals surface area contributed by atoms with Crippen molar-refractivity contribution >= 4 is 51.9 Å². The van der Waals surface area contributed by atoms with Crippen LogP contribution >= 0.6 is 23.8 Å². The first kappa shape index (κ1) is 20.2. The maximum atomic E-state index is 12.4. The molecule has 0 unspecified atom stereocenters. The minimum atomic E-state index is -0.790. The van der Waals surface area contributed by atoms with Gasteiger partial charge >= 0.3 is 0 Å². The van der Waals surface area contributed by atoms with Gasteiger partial charge in [-0.15, -0.1) is 0 Å². The number of rotatable bonds is 4. The Balaban J connectivity index is 2.26. The highest BCUT2D eigenvalue weighted by Crippen LogP contribution is 2.32. The summed E-state index contributed by atoms with van der Waals surface area (Å²) >= 11 is 11.1. The minimum absolute atomic E-state index is 0.161. The van der Waals surface area contributed by atoms with Crippen LogP contribution in [0.3, 0.4) is 0 Å². The minimum Gasteiger partial charge on any atom is -0.331 e. The topological polar surface area (TPSA) is 127 Å². The van der Waals surface area contributed by atoms with Gasteiger partial charge in [-0.1, -0.05) is 17.7 Å². The molecule has 11 heteroatoms. The number of halogens is 1. The maximum absolute atomic E-state index is 12.4. The van der Waals surface area contributed by atoms with Crippen molar-refractivity contribution in [1.29, 1.82) is 0 Å². The Labute approximate surface area is 163 Å². The molecule has 0 aliphatic heterocycles. The van der Waals surface area contributed by atoms with Gasteiger partial charge in [0.25, 0.3) is 17.3 Å². The first-order valence-electron chi connectivity index (χ1n) is 7.42. The zero-order valence-corrected chi connectivity index (χ0v) is 15.7. The molecule has 0 aliphatic rings. The molecule has 1 amide bonds. The molecule has 140 valence electrons. The van der Waals surface area contributed by atoms with Crippen LogP contribution in [0, 0.1) is 34.1 Å². The van der Waals surface area contributed by atoms with E-state index in [2.05, 4.69) is 10.6 Å². The van der Waals surface area contributed by atoms with E-state index in [4.69, 9.17) is 23.8 Å². The molecule has 0 spiro atoms. The third-order valence-electron chi connectivity index (χ3n) is 3.64. The number of aryl methyl sites for hydroxylation is 1. The van der Waals surface area contributed by atoms with Crippen LogP contribution in [0.4, 0.5) is 17.1 Å². The fourth-order valence-electron chi connectivity index (χ4n) is 2.33. The van der Waals surface area contributed by atoms with Crippen molar-refractivity contribution < 1.29 is 14.6 Å². The summed E-state index contributed by atoms with van der Waals surface area (Å²) in [5, 5.41) is 27.0. The Hall–Kier alpha value is -3.11. The van der Waals surface area contributed by atoms with Crippen molar-refractivity contribution in [3.05, 3.63) is 72.3 Å². The van der Waals surface area contributed by atoms with E-state index in [1.807, 2.05) is 0 Å². The highest BCUT2D eigenvalue weighted by atomic mass is 35.5. The van der Waals surface area contributed by atoms with E-state index in [0.29, 0.717) is 5.56 Å². The van der Waals surface area contributed by atoms with Crippen LogP contribution in [0.2, 0.25) is 5.02 Å². The van der Waals surface area contributed by atoms with Crippen LogP contribution in [-0.2, 0) is 0 Å². The molecule has 0 aliphatic carbocycles. The number of carbonyl (C=O) groups excluding carboxylic acids is 1. The van der Waals surface area contributed by atoms with E-state index < -0.39 is 15.8 Å². The lowest BCUT2D eigenvalue weighted by molar-refractivity contribution is -0.385. The van der Waals surface area contributed by atoms with Gasteiger partial charge < -0.3 is 5.32 Å². The second-order valence-corrected chi connectivity index (χ2v) is 6.33. The number of nitrogens with one attached hydrogen (secondary N) is 2. The van der Waals surface area contributed by atoms with E-state index in [-0.39, 0.29) is 38.3 Å². The Morgan fingerprint density at radius 3 is 2.26 bits per heavy atom. The second kappa shape index (κ2) is 8.06. The summed E-state index contributed by atoms with van der Waals surface area (Å²) in [7, 11) is 0. The third kappa shape index (κ3) is 4.54. The Morgan fingerprint density at radius 2 is 1.67 bits per heavy atom. The summed E-state index contributed by atoms with van der Waals surface area (Å²) < 4.78 is 0. The molecule has 2 aromatic rings. The number of hydrogen-bond acceptors (Lipinski definition) is 6. The van der Waals surface area contributed by atoms with Crippen LogP contribution in [0.5, 0.6) is 0 Å². The Bertz CT molecular complexity index is 980. The molecule has 2 aromatic carbocycles. The zero-order chi connectivity index (χ0) is 20.3. The zero-order valence-electron chi connectivity index (χ0n) is 14.1. The summed E-state index contributed by atoms with van der Waals surface area (Å²) in [6.45, 7) is 3.16. The smallest absolute Gasteiger partial charge is 0.282 e. The van der Waals surface area contributed by atoms with Gasteiger partial charge in [0.15, 0.2) is 5.11 Å². The first-order valence-corrected chi connectivity index (χ1v) is 8.21. The van der Waals surface area contributed by atoms with Gasteiger partial charge in [-0.05, 0) is 43.8 Å². The number of carbonyl (C=O) groups is 1. The third-order valence-corrected chi connectivity index (χ3v) is 4.16. The summed E-state index contributed by atoms with van der Waals surface area (Å²) in [6.07, 6.45) is 0. The van der Waals surface area contributed by atoms with Crippen LogP contribution in [0.1, 0.15) is 21.5 Å². The molecule has 0 aromatic heterocycles. The molecular formula is C16H13ClN4O5S. The second-order valence-electron chi connectivity index (χ2n) is 5.51. The fraction of sp³-hybridized carbons (Fsp3) is 0.125. The molecule has 2 rings (SSSR count). The first-order chi connectivity index (χ1) is 12.6. The molecule has 0 atom stereocenters. The van der Waals surface area contributed by atoms with Crippen molar-refractivity contribution in [1.82, 2.24) is 5.32 Å². The molecule has 0 heterocycles. The number of thiocarbonyl (C=S) groups is 1. The van der Waals surface area contributed by atoms with Crippen LogP contribution in [-0.4, -0.2) is 20.9 Å². The number of nitro groups is 2. The van der Waals surface area contributed by atoms with E-state index in [1.165, 1.54) is 37.3 Å². The van der Waals surface area contributed by atoms with Gasteiger partial charge in [-0.2, -0.15) is 0 Å². The molecule has 27 heavy (non-hydrogen) atoms. The monoisotopic (exact) mass is 408 g/mol. The predicted octanol–water partition coefficient (Wildman–Crippen LogP) is 3.90. The maximum Gasteiger partial charge on any atom is 0.282 e. The van der Waals surface area contributed by atoms with Gasteiger partial charge in [0.2, 0.25) is 0 Å². The van der Waals surface area contributed by atoms with Crippen molar-refractivity contribution in [3.8, 4) is 0 Å². The van der Waals surface area contributed by atoms with Crippen LogP contribution in [0.15, 0.2) is 30.3 Å². The lowest BCUT2D eigenvalue weighted by Gasteiger charge is -2.13. The average Bonchev–Trinajstić information content (AvgIpc) is 2.57. The molecule has 0 radical (unpaired) electrons. The van der Waals surface area contributed by atoms with Crippen LogP contribution in [0.25, 0.3) is 0 Å². The van der Waals surface area contributed by atoms with Crippen molar-refractivity contribution in [3.63, 3.8) is 0 Å². The molecular weight excluding hydrogens is 396 g/mol. The highest BCUT2D eigenvalue weighted by molar-refractivity contribution is 7.80. The summed E-state index contributed by atoms with van der Waals surface area (Å²) in [5.41, 5.74) is 0.338. The van der Waals surface area contributed by atoms with Gasteiger partial charge in [0, 0.05) is 12.1 Å². The van der Waals surface area contributed by atoms with E-state index in [0.717, 1.165) is 0 Å². The van der Waals surface area contributed by atoms with Gasteiger partial charge in [0.1, 0.15) is 5.56 Å². The van der Waals surface area contributed by atoms with Crippen molar-refractivity contribution in [2.45, 2.75) is 13.8 Å². The summed E-state index contributed by atoms with van der Waals surface area (Å²) in [4.78, 5) is 33.3. The number of anilines is 1. The summed E-state index contributed by atoms with van der Waals surface area (Å²) in [5.74, 6) is -0.790.